The van der Waals surface area contributed by atoms with Gasteiger partial charge in [0.15, 0.2) is 0 Å². The van der Waals surface area contributed by atoms with Crippen LogP contribution in [0.4, 0.5) is 11.5 Å². The van der Waals surface area contributed by atoms with Gasteiger partial charge in [0.05, 0.1) is 17.8 Å². The fourth-order valence-corrected chi connectivity index (χ4v) is 0.860. The molecular weight excluding hydrogens is 150 g/mol. The van der Waals surface area contributed by atoms with Crippen LogP contribution >= 0.6 is 11.6 Å². The highest BCUT2D eigenvalue weighted by Crippen LogP contribution is 2.13. The number of alkyl halides is 1. The van der Waals surface area contributed by atoms with Gasteiger partial charge >= 0.3 is 0 Å². The van der Waals surface area contributed by atoms with Crippen molar-refractivity contribution in [2.24, 2.45) is 0 Å². The van der Waals surface area contributed by atoms with E-state index in [4.69, 9.17) is 23.1 Å². The fraction of sp³-hybridized carbons (Fsp3) is 0.167. The van der Waals surface area contributed by atoms with Gasteiger partial charge in [0.25, 0.3) is 0 Å². The first kappa shape index (κ1) is 7.15. The number of nitrogens with two attached hydrogens (primary N) is 2. The Morgan fingerprint density at radius 2 is 2.20 bits per heavy atom. The third-order valence-electron chi connectivity index (χ3n) is 1.17. The summed E-state index contributed by atoms with van der Waals surface area (Å²) < 4.78 is 0. The molecule has 1 rings (SSSR count). The molecule has 0 aliphatic heterocycles. The van der Waals surface area contributed by atoms with Gasteiger partial charge in [0.2, 0.25) is 0 Å². The average Bonchev–Trinajstić information content (AvgIpc) is 1.94. The van der Waals surface area contributed by atoms with Crippen LogP contribution in [0.3, 0.4) is 0 Å². The lowest BCUT2D eigenvalue weighted by Gasteiger charge is -1.99. The minimum absolute atomic E-state index is 0.351. The maximum atomic E-state index is 5.53. The van der Waals surface area contributed by atoms with Crippen molar-refractivity contribution in [1.29, 1.82) is 0 Å². The van der Waals surface area contributed by atoms with Crippen LogP contribution in [0.1, 0.15) is 5.56 Å². The number of aromatic nitrogens is 1. The summed E-state index contributed by atoms with van der Waals surface area (Å²) in [5, 5.41) is 0. The third kappa shape index (κ3) is 1.30. The summed E-state index contributed by atoms with van der Waals surface area (Å²) in [7, 11) is 0. The summed E-state index contributed by atoms with van der Waals surface area (Å²) in [4.78, 5) is 3.82. The van der Waals surface area contributed by atoms with E-state index in [1.54, 1.807) is 6.07 Å². The van der Waals surface area contributed by atoms with Crippen molar-refractivity contribution in [3.8, 4) is 0 Å². The number of nitrogens with zero attached hydrogens (tertiary/aromatic N) is 1. The second-order valence-corrected chi connectivity index (χ2v) is 2.21. The summed E-state index contributed by atoms with van der Waals surface area (Å²) in [5.74, 6) is 0.799. The molecule has 0 atom stereocenters. The molecule has 0 fully saturated rings. The molecule has 0 aromatic carbocycles. The van der Waals surface area contributed by atoms with Crippen LogP contribution in [0.5, 0.6) is 0 Å². The first-order valence-corrected chi connectivity index (χ1v) is 3.33. The number of pyridine rings is 1. The Balaban J connectivity index is 3.09. The predicted molar refractivity (Wildman–Crippen MR) is 42.6 cm³/mol. The molecule has 1 aromatic heterocycles. The van der Waals surface area contributed by atoms with Crippen LogP contribution in [-0.2, 0) is 5.88 Å². The van der Waals surface area contributed by atoms with Gasteiger partial charge < -0.3 is 11.5 Å². The van der Waals surface area contributed by atoms with Gasteiger partial charge in [-0.2, -0.15) is 0 Å². The molecule has 0 amide bonds. The number of halogens is 1. The van der Waals surface area contributed by atoms with Crippen molar-refractivity contribution in [1.82, 2.24) is 4.98 Å². The zero-order valence-corrected chi connectivity index (χ0v) is 6.10. The van der Waals surface area contributed by atoms with Gasteiger partial charge in [0.1, 0.15) is 5.82 Å². The van der Waals surface area contributed by atoms with Crippen LogP contribution in [-0.4, -0.2) is 4.98 Å². The van der Waals surface area contributed by atoms with E-state index in [-0.39, 0.29) is 0 Å². The molecule has 10 heavy (non-hydrogen) atoms. The molecule has 54 valence electrons. The highest BCUT2D eigenvalue weighted by atomic mass is 35.5. The van der Waals surface area contributed by atoms with Crippen LogP contribution in [0, 0.1) is 0 Å². The van der Waals surface area contributed by atoms with E-state index in [9.17, 15) is 0 Å². The zero-order chi connectivity index (χ0) is 7.56. The Labute approximate surface area is 64.0 Å². The molecule has 0 saturated carbocycles. The molecular formula is C6H8ClN3. The van der Waals surface area contributed by atoms with Crippen molar-refractivity contribution in [2.75, 3.05) is 11.5 Å². The van der Waals surface area contributed by atoms with E-state index < -0.39 is 0 Å². The van der Waals surface area contributed by atoms with E-state index in [0.717, 1.165) is 5.56 Å². The Kier molecular flexibility index (Phi) is 1.97. The summed E-state index contributed by atoms with van der Waals surface area (Å²) in [5.41, 5.74) is 12.2. The second kappa shape index (κ2) is 2.75. The van der Waals surface area contributed by atoms with Crippen molar-refractivity contribution in [2.45, 2.75) is 5.88 Å². The Hall–Kier alpha value is -0.960. The monoisotopic (exact) mass is 157 g/mol. The van der Waals surface area contributed by atoms with Gasteiger partial charge in [-0.25, -0.2) is 4.98 Å². The van der Waals surface area contributed by atoms with Crippen molar-refractivity contribution >= 4 is 23.1 Å². The standard InChI is InChI=1S/C6H8ClN3/c7-2-4-1-5(8)3-10-6(4)9/h1,3H,2,8H2,(H2,9,10). The number of nitrogen functional groups attached to an aromatic ring is 2. The first-order valence-electron chi connectivity index (χ1n) is 2.80. The van der Waals surface area contributed by atoms with Crippen molar-refractivity contribution < 1.29 is 0 Å². The average molecular weight is 158 g/mol. The van der Waals surface area contributed by atoms with Gasteiger partial charge in [0, 0.05) is 5.56 Å². The van der Waals surface area contributed by atoms with Crippen LogP contribution in [0.25, 0.3) is 0 Å². The summed E-state index contributed by atoms with van der Waals surface area (Å²) in [6, 6.07) is 1.72. The quantitative estimate of drug-likeness (QED) is 0.598. The molecule has 0 aliphatic rings. The van der Waals surface area contributed by atoms with Crippen molar-refractivity contribution in [3.63, 3.8) is 0 Å². The molecule has 0 radical (unpaired) electrons. The molecule has 0 aliphatic carbocycles. The van der Waals surface area contributed by atoms with Crippen LogP contribution < -0.4 is 11.5 Å². The number of anilines is 2. The van der Waals surface area contributed by atoms with E-state index in [1.165, 1.54) is 6.20 Å². The van der Waals surface area contributed by atoms with E-state index in [2.05, 4.69) is 4.98 Å². The predicted octanol–water partition coefficient (Wildman–Crippen LogP) is 0.985. The molecule has 1 aromatic rings. The highest BCUT2D eigenvalue weighted by Gasteiger charge is 1.97. The summed E-state index contributed by atoms with van der Waals surface area (Å²) in [6.45, 7) is 0. The summed E-state index contributed by atoms with van der Waals surface area (Å²) >= 11 is 5.53. The second-order valence-electron chi connectivity index (χ2n) is 1.95. The molecule has 1 heterocycles. The highest BCUT2D eigenvalue weighted by molar-refractivity contribution is 6.17. The third-order valence-corrected chi connectivity index (χ3v) is 1.45. The van der Waals surface area contributed by atoms with E-state index in [0.29, 0.717) is 17.4 Å². The summed E-state index contributed by atoms with van der Waals surface area (Å²) in [6.07, 6.45) is 1.51. The van der Waals surface area contributed by atoms with Gasteiger partial charge in [-0.15, -0.1) is 11.6 Å². The molecule has 0 unspecified atom stereocenters. The molecule has 4 heteroatoms. The largest absolute Gasteiger partial charge is 0.397 e. The van der Waals surface area contributed by atoms with Gasteiger partial charge in [-0.3, -0.25) is 0 Å². The molecule has 4 N–H and O–H groups in total. The van der Waals surface area contributed by atoms with E-state index >= 15 is 0 Å². The molecule has 0 saturated heterocycles. The van der Waals surface area contributed by atoms with Crippen LogP contribution in [0.2, 0.25) is 0 Å². The first-order chi connectivity index (χ1) is 4.74. The molecule has 0 bridgehead atoms. The molecule has 3 nitrogen and oxygen atoms in total. The lowest BCUT2D eigenvalue weighted by atomic mass is 10.3. The number of hydrogen-bond donors (Lipinski definition) is 2. The zero-order valence-electron chi connectivity index (χ0n) is 5.34. The number of rotatable bonds is 1. The normalized spacial score (nSPS) is 9.70. The molecule has 0 spiro atoms. The fourth-order valence-electron chi connectivity index (χ4n) is 0.646. The van der Waals surface area contributed by atoms with Crippen molar-refractivity contribution in [3.05, 3.63) is 17.8 Å². The lowest BCUT2D eigenvalue weighted by Crippen LogP contribution is -1.97. The Morgan fingerprint density at radius 3 is 2.70 bits per heavy atom. The maximum absolute atomic E-state index is 5.53. The lowest BCUT2D eigenvalue weighted by molar-refractivity contribution is 1.26. The minimum Gasteiger partial charge on any atom is -0.397 e. The Morgan fingerprint density at radius 1 is 1.50 bits per heavy atom. The topological polar surface area (TPSA) is 64.9 Å². The maximum Gasteiger partial charge on any atom is 0.127 e. The minimum atomic E-state index is 0.351. The SMILES string of the molecule is Nc1cnc(N)c(CCl)c1. The van der Waals surface area contributed by atoms with Crippen LogP contribution in [0.15, 0.2) is 12.3 Å². The van der Waals surface area contributed by atoms with Gasteiger partial charge in [-0.05, 0) is 6.07 Å². The van der Waals surface area contributed by atoms with Gasteiger partial charge in [-0.1, -0.05) is 0 Å². The Bertz CT molecular complexity index is 236. The number of hydrogen-bond acceptors (Lipinski definition) is 3. The van der Waals surface area contributed by atoms with E-state index in [1.807, 2.05) is 0 Å². The smallest absolute Gasteiger partial charge is 0.127 e.